The topological polar surface area (TPSA) is 85.1 Å². The highest BCUT2D eigenvalue weighted by atomic mass is 32.2. The predicted octanol–water partition coefficient (Wildman–Crippen LogP) is 4.67. The Labute approximate surface area is 167 Å². The van der Waals surface area contributed by atoms with E-state index in [9.17, 15) is 17.2 Å². The summed E-state index contributed by atoms with van der Waals surface area (Å²) in [6.07, 6.45) is 0.778. The summed E-state index contributed by atoms with van der Waals surface area (Å²) < 4.78 is 60.7. The number of aryl methyl sites for hydroxylation is 2. The van der Waals surface area contributed by atoms with Crippen LogP contribution >= 0.6 is 0 Å². The van der Waals surface area contributed by atoms with E-state index in [2.05, 4.69) is 14.9 Å². The first-order valence-corrected chi connectivity index (χ1v) is 10.9. The Bertz CT molecular complexity index is 1150. The molecule has 0 amide bonds. The molecule has 154 valence electrons. The molecule has 0 unspecified atom stereocenters. The fourth-order valence-corrected chi connectivity index (χ4v) is 5.47. The Morgan fingerprint density at radius 2 is 1.90 bits per heavy atom. The van der Waals surface area contributed by atoms with Gasteiger partial charge in [0.1, 0.15) is 11.5 Å². The molecule has 1 aliphatic carbocycles. The van der Waals surface area contributed by atoms with Crippen LogP contribution in [0.3, 0.4) is 0 Å². The van der Waals surface area contributed by atoms with Crippen LogP contribution in [-0.4, -0.2) is 24.6 Å². The van der Waals surface area contributed by atoms with E-state index in [0.717, 1.165) is 31.7 Å². The van der Waals surface area contributed by atoms with Crippen LogP contribution in [0.1, 0.15) is 49.3 Å². The van der Waals surface area contributed by atoms with Crippen molar-refractivity contribution in [1.29, 1.82) is 0 Å². The number of nitrogens with zero attached hydrogens (tertiary/aromatic N) is 2. The monoisotopic (exact) mass is 421 g/mol. The quantitative estimate of drug-likeness (QED) is 0.647. The summed E-state index contributed by atoms with van der Waals surface area (Å²) in [5.41, 5.74) is 1.51. The molecule has 29 heavy (non-hydrogen) atoms. The van der Waals surface area contributed by atoms with Crippen molar-refractivity contribution in [3.8, 4) is 11.1 Å². The molecule has 1 fully saturated rings. The molecule has 4 rings (SSSR count). The molecule has 9 heteroatoms. The van der Waals surface area contributed by atoms with Gasteiger partial charge in [-0.3, -0.25) is 0 Å². The minimum Gasteiger partial charge on any atom is -0.361 e. The molecular formula is C20H21F2N3O3S. The molecule has 6 nitrogen and oxygen atoms in total. The summed E-state index contributed by atoms with van der Waals surface area (Å²) in [5, 5.41) is 4.21. The van der Waals surface area contributed by atoms with Crippen molar-refractivity contribution in [3.63, 3.8) is 0 Å². The van der Waals surface area contributed by atoms with Gasteiger partial charge >= 0.3 is 0 Å². The van der Waals surface area contributed by atoms with E-state index in [1.807, 2.05) is 0 Å². The average molecular weight is 421 g/mol. The van der Waals surface area contributed by atoms with Crippen LogP contribution in [0.25, 0.3) is 22.0 Å². The van der Waals surface area contributed by atoms with Crippen LogP contribution in [0.5, 0.6) is 0 Å². The predicted molar refractivity (Wildman–Crippen MR) is 104 cm³/mol. The van der Waals surface area contributed by atoms with Crippen molar-refractivity contribution in [2.24, 2.45) is 0 Å². The van der Waals surface area contributed by atoms with Crippen molar-refractivity contribution in [2.45, 2.75) is 56.9 Å². The first-order chi connectivity index (χ1) is 13.8. The summed E-state index contributed by atoms with van der Waals surface area (Å²) in [5.74, 6) is 0.513. The highest BCUT2D eigenvalue weighted by Crippen LogP contribution is 2.34. The first-order valence-electron chi connectivity index (χ1n) is 9.44. The minimum absolute atomic E-state index is 0.0187. The normalized spacial score (nSPS) is 15.6. The minimum atomic E-state index is -3.87. The molecule has 1 saturated carbocycles. The lowest BCUT2D eigenvalue weighted by Gasteiger charge is -2.16. The van der Waals surface area contributed by atoms with Crippen molar-refractivity contribution < 1.29 is 21.7 Å². The van der Waals surface area contributed by atoms with Gasteiger partial charge in [-0.25, -0.2) is 26.9 Å². The number of benzene rings is 1. The smallest absolute Gasteiger partial charge is 0.280 e. The van der Waals surface area contributed by atoms with Gasteiger partial charge in [0.25, 0.3) is 6.43 Å². The standard InChI is InChI=1S/C20H21F2N3O3S/c1-11-19(12(2)28-24-11)13-9-17-15(7-8-16(23-17)20(21)22)18(10-13)29(26,27)25-14-5-3-4-6-14/h7-10,14,20,25H,3-6H2,1-2H3. The average Bonchev–Trinajstić information content (AvgIpc) is 3.29. The fourth-order valence-electron chi connectivity index (χ4n) is 3.93. The number of pyridine rings is 1. The Kier molecular flexibility index (Phi) is 5.12. The van der Waals surface area contributed by atoms with Crippen LogP contribution in [0.15, 0.2) is 33.7 Å². The number of halogens is 2. The van der Waals surface area contributed by atoms with E-state index in [4.69, 9.17) is 4.52 Å². The van der Waals surface area contributed by atoms with Gasteiger partial charge < -0.3 is 4.52 Å². The third kappa shape index (κ3) is 3.76. The Balaban J connectivity index is 1.93. The van der Waals surface area contributed by atoms with Gasteiger partial charge in [0, 0.05) is 17.0 Å². The number of hydrogen-bond donors (Lipinski definition) is 1. The van der Waals surface area contributed by atoms with Gasteiger partial charge in [0.2, 0.25) is 10.0 Å². The van der Waals surface area contributed by atoms with E-state index >= 15 is 0 Å². The summed E-state index contributed by atoms with van der Waals surface area (Å²) in [6, 6.07) is 5.57. The van der Waals surface area contributed by atoms with Crippen LogP contribution in [0.2, 0.25) is 0 Å². The molecule has 0 atom stereocenters. The second kappa shape index (κ2) is 7.46. The second-order valence-electron chi connectivity index (χ2n) is 7.38. The van der Waals surface area contributed by atoms with Gasteiger partial charge in [-0.15, -0.1) is 0 Å². The van der Waals surface area contributed by atoms with Crippen LogP contribution in [0.4, 0.5) is 8.78 Å². The molecule has 2 heterocycles. The number of sulfonamides is 1. The van der Waals surface area contributed by atoms with Crippen LogP contribution in [-0.2, 0) is 10.0 Å². The third-order valence-electron chi connectivity index (χ3n) is 5.30. The highest BCUT2D eigenvalue weighted by Gasteiger charge is 2.26. The summed E-state index contributed by atoms with van der Waals surface area (Å²) in [6.45, 7) is 3.46. The molecule has 1 aromatic carbocycles. The molecule has 2 aromatic heterocycles. The number of alkyl halides is 2. The van der Waals surface area contributed by atoms with Gasteiger partial charge in [-0.2, -0.15) is 0 Å². The maximum atomic E-state index is 13.2. The van der Waals surface area contributed by atoms with Gasteiger partial charge in [-0.05, 0) is 56.5 Å². The first kappa shape index (κ1) is 19.9. The number of aromatic nitrogens is 2. The van der Waals surface area contributed by atoms with Gasteiger partial charge in [-0.1, -0.05) is 18.0 Å². The lowest BCUT2D eigenvalue weighted by Crippen LogP contribution is -2.32. The van der Waals surface area contributed by atoms with Gasteiger partial charge in [0.15, 0.2) is 0 Å². The zero-order valence-electron chi connectivity index (χ0n) is 16.1. The summed E-state index contributed by atoms with van der Waals surface area (Å²) in [7, 11) is -3.87. The largest absolute Gasteiger partial charge is 0.361 e. The zero-order valence-corrected chi connectivity index (χ0v) is 16.9. The lowest BCUT2D eigenvalue weighted by atomic mass is 10.0. The molecule has 1 N–H and O–H groups in total. The van der Waals surface area contributed by atoms with Crippen molar-refractivity contribution in [3.05, 3.63) is 41.4 Å². The Morgan fingerprint density at radius 3 is 2.52 bits per heavy atom. The zero-order chi connectivity index (χ0) is 20.8. The van der Waals surface area contributed by atoms with E-state index in [-0.39, 0.29) is 16.5 Å². The second-order valence-corrected chi connectivity index (χ2v) is 9.06. The van der Waals surface area contributed by atoms with E-state index in [0.29, 0.717) is 28.0 Å². The number of nitrogens with one attached hydrogen (secondary N) is 1. The number of fused-ring (bicyclic) bond motifs is 1. The van der Waals surface area contributed by atoms with Crippen molar-refractivity contribution in [1.82, 2.24) is 14.9 Å². The Hall–Kier alpha value is -2.39. The number of hydrogen-bond acceptors (Lipinski definition) is 5. The molecule has 0 saturated heterocycles. The maximum absolute atomic E-state index is 13.2. The van der Waals surface area contributed by atoms with E-state index in [1.165, 1.54) is 12.1 Å². The Morgan fingerprint density at radius 1 is 1.17 bits per heavy atom. The summed E-state index contributed by atoms with van der Waals surface area (Å²) in [4.78, 5) is 4.04. The molecular weight excluding hydrogens is 400 g/mol. The number of rotatable bonds is 5. The molecule has 0 spiro atoms. The molecule has 0 radical (unpaired) electrons. The van der Waals surface area contributed by atoms with Crippen LogP contribution in [0, 0.1) is 13.8 Å². The van der Waals surface area contributed by atoms with E-state index < -0.39 is 22.1 Å². The van der Waals surface area contributed by atoms with Crippen molar-refractivity contribution >= 4 is 20.9 Å². The van der Waals surface area contributed by atoms with E-state index in [1.54, 1.807) is 19.9 Å². The maximum Gasteiger partial charge on any atom is 0.280 e. The molecule has 0 aliphatic heterocycles. The fraction of sp³-hybridized carbons (Fsp3) is 0.400. The molecule has 0 bridgehead atoms. The summed E-state index contributed by atoms with van der Waals surface area (Å²) >= 11 is 0. The van der Waals surface area contributed by atoms with Crippen molar-refractivity contribution in [2.75, 3.05) is 0 Å². The van der Waals surface area contributed by atoms with Crippen LogP contribution < -0.4 is 4.72 Å². The third-order valence-corrected chi connectivity index (χ3v) is 6.86. The molecule has 1 aliphatic rings. The highest BCUT2D eigenvalue weighted by molar-refractivity contribution is 7.89. The molecule has 3 aromatic rings. The lowest BCUT2D eigenvalue weighted by molar-refractivity contribution is 0.146. The van der Waals surface area contributed by atoms with Gasteiger partial charge in [0.05, 0.1) is 16.1 Å². The SMILES string of the molecule is Cc1noc(C)c1-c1cc(S(=O)(=O)NC2CCCC2)c2ccc(C(F)F)nc2c1.